The highest BCUT2D eigenvalue weighted by molar-refractivity contribution is 9.10. The molecule has 0 saturated carbocycles. The molecule has 0 heterocycles. The van der Waals surface area contributed by atoms with Crippen LogP contribution in [0, 0.1) is 0 Å². The van der Waals surface area contributed by atoms with Crippen LogP contribution in [0.4, 0.5) is 5.69 Å². The van der Waals surface area contributed by atoms with E-state index < -0.39 is 5.60 Å². The molecule has 0 spiro atoms. The van der Waals surface area contributed by atoms with Crippen LogP contribution in [0.15, 0.2) is 22.7 Å². The second-order valence-corrected chi connectivity index (χ2v) is 5.52. The van der Waals surface area contributed by atoms with Crippen molar-refractivity contribution in [2.24, 2.45) is 0 Å². The SMILES string of the molecule is CCCC(C)(O)CNC(=O)c1ccc(Br)c(N)c1. The minimum atomic E-state index is -0.870. The van der Waals surface area contributed by atoms with Crippen LogP contribution in [-0.4, -0.2) is 23.2 Å². The first-order valence-corrected chi connectivity index (χ1v) is 6.70. The summed E-state index contributed by atoms with van der Waals surface area (Å²) in [7, 11) is 0. The molecule has 0 aliphatic rings. The highest BCUT2D eigenvalue weighted by Crippen LogP contribution is 2.20. The summed E-state index contributed by atoms with van der Waals surface area (Å²) in [5, 5.41) is 12.7. The summed E-state index contributed by atoms with van der Waals surface area (Å²) in [6, 6.07) is 5.02. The number of carbonyl (C=O) groups is 1. The van der Waals surface area contributed by atoms with Gasteiger partial charge >= 0.3 is 0 Å². The van der Waals surface area contributed by atoms with Gasteiger partial charge in [-0.15, -0.1) is 0 Å². The number of aliphatic hydroxyl groups is 1. The number of benzene rings is 1. The number of hydrogen-bond acceptors (Lipinski definition) is 3. The summed E-state index contributed by atoms with van der Waals surface area (Å²) in [4.78, 5) is 11.9. The van der Waals surface area contributed by atoms with Crippen LogP contribution >= 0.6 is 15.9 Å². The Bertz CT molecular complexity index is 433. The Morgan fingerprint density at radius 1 is 1.56 bits per heavy atom. The smallest absolute Gasteiger partial charge is 0.251 e. The third kappa shape index (κ3) is 4.31. The van der Waals surface area contributed by atoms with Gasteiger partial charge in [0, 0.05) is 22.3 Å². The topological polar surface area (TPSA) is 75.3 Å². The van der Waals surface area contributed by atoms with Crippen LogP contribution in [0.1, 0.15) is 37.0 Å². The fourth-order valence-corrected chi connectivity index (χ4v) is 1.93. The standard InChI is InChI=1S/C13H19BrN2O2/c1-3-6-13(2,18)8-16-12(17)9-4-5-10(14)11(15)7-9/h4-5,7,18H,3,6,8,15H2,1-2H3,(H,16,17). The van der Waals surface area contributed by atoms with Crippen LogP contribution < -0.4 is 11.1 Å². The maximum absolute atomic E-state index is 11.9. The van der Waals surface area contributed by atoms with Gasteiger partial charge in [0.1, 0.15) is 0 Å². The molecule has 1 rings (SSSR count). The molecule has 0 radical (unpaired) electrons. The first-order chi connectivity index (χ1) is 8.35. The summed E-state index contributed by atoms with van der Waals surface area (Å²) in [5.41, 5.74) is 5.85. The van der Waals surface area contributed by atoms with E-state index in [1.54, 1.807) is 25.1 Å². The van der Waals surface area contributed by atoms with Gasteiger partial charge in [-0.3, -0.25) is 4.79 Å². The zero-order chi connectivity index (χ0) is 13.8. The third-order valence-corrected chi connectivity index (χ3v) is 3.40. The quantitative estimate of drug-likeness (QED) is 0.730. The number of amides is 1. The van der Waals surface area contributed by atoms with Gasteiger partial charge < -0.3 is 16.2 Å². The van der Waals surface area contributed by atoms with Crippen molar-refractivity contribution < 1.29 is 9.90 Å². The van der Waals surface area contributed by atoms with Gasteiger partial charge in [-0.1, -0.05) is 13.3 Å². The molecule has 18 heavy (non-hydrogen) atoms. The summed E-state index contributed by atoms with van der Waals surface area (Å²) >= 11 is 3.27. The molecule has 1 atom stereocenters. The Labute approximate surface area is 116 Å². The molecule has 1 amide bonds. The van der Waals surface area contributed by atoms with E-state index in [4.69, 9.17) is 5.73 Å². The Hall–Kier alpha value is -1.07. The molecule has 1 aromatic rings. The van der Waals surface area contributed by atoms with E-state index in [9.17, 15) is 9.90 Å². The van der Waals surface area contributed by atoms with E-state index in [0.29, 0.717) is 17.7 Å². The number of anilines is 1. The zero-order valence-electron chi connectivity index (χ0n) is 10.7. The monoisotopic (exact) mass is 314 g/mol. The lowest BCUT2D eigenvalue weighted by molar-refractivity contribution is 0.0469. The predicted octanol–water partition coefficient (Wildman–Crippen LogP) is 2.31. The van der Waals surface area contributed by atoms with Crippen molar-refractivity contribution in [3.8, 4) is 0 Å². The van der Waals surface area contributed by atoms with Crippen LogP contribution in [0.25, 0.3) is 0 Å². The Morgan fingerprint density at radius 3 is 2.78 bits per heavy atom. The van der Waals surface area contributed by atoms with Crippen LogP contribution in [0.2, 0.25) is 0 Å². The summed E-state index contributed by atoms with van der Waals surface area (Å²) in [6.45, 7) is 3.94. The number of nitrogens with one attached hydrogen (secondary N) is 1. The highest BCUT2D eigenvalue weighted by Gasteiger charge is 2.20. The molecular weight excluding hydrogens is 296 g/mol. The average Bonchev–Trinajstić information content (AvgIpc) is 2.30. The fraction of sp³-hybridized carbons (Fsp3) is 0.462. The first kappa shape index (κ1) is 15.0. The van der Waals surface area contributed by atoms with Crippen molar-refractivity contribution in [2.45, 2.75) is 32.3 Å². The molecule has 0 aliphatic carbocycles. The molecule has 100 valence electrons. The van der Waals surface area contributed by atoms with E-state index in [0.717, 1.165) is 10.9 Å². The van der Waals surface area contributed by atoms with Crippen molar-refractivity contribution in [3.63, 3.8) is 0 Å². The highest BCUT2D eigenvalue weighted by atomic mass is 79.9. The maximum Gasteiger partial charge on any atom is 0.251 e. The molecule has 4 nitrogen and oxygen atoms in total. The number of nitrogen functional groups attached to an aromatic ring is 1. The summed E-state index contributed by atoms with van der Waals surface area (Å²) in [6.07, 6.45) is 1.52. The van der Waals surface area contributed by atoms with E-state index in [1.165, 1.54) is 0 Å². The lowest BCUT2D eigenvalue weighted by Gasteiger charge is -2.22. The largest absolute Gasteiger partial charge is 0.398 e. The van der Waals surface area contributed by atoms with Gasteiger partial charge in [0.05, 0.1) is 5.60 Å². The van der Waals surface area contributed by atoms with Crippen LogP contribution in [-0.2, 0) is 0 Å². The average molecular weight is 315 g/mol. The van der Waals surface area contributed by atoms with E-state index in [-0.39, 0.29) is 12.5 Å². The fourth-order valence-electron chi connectivity index (χ4n) is 1.68. The molecular formula is C13H19BrN2O2. The molecule has 1 unspecified atom stereocenters. The normalized spacial score (nSPS) is 14.0. The van der Waals surface area contributed by atoms with Gasteiger partial charge in [-0.2, -0.15) is 0 Å². The van der Waals surface area contributed by atoms with E-state index in [1.807, 2.05) is 6.92 Å². The summed E-state index contributed by atoms with van der Waals surface area (Å²) < 4.78 is 0.761. The van der Waals surface area contributed by atoms with Crippen molar-refractivity contribution in [2.75, 3.05) is 12.3 Å². The molecule has 0 fully saturated rings. The number of halogens is 1. The summed E-state index contributed by atoms with van der Waals surface area (Å²) in [5.74, 6) is -0.231. The maximum atomic E-state index is 11.9. The number of carbonyl (C=O) groups excluding carboxylic acids is 1. The van der Waals surface area contributed by atoms with Gasteiger partial charge in [0.2, 0.25) is 0 Å². The minimum Gasteiger partial charge on any atom is -0.398 e. The van der Waals surface area contributed by atoms with Gasteiger partial charge in [-0.05, 0) is 47.5 Å². The molecule has 0 aliphatic heterocycles. The predicted molar refractivity (Wildman–Crippen MR) is 76.4 cm³/mol. The van der Waals surface area contributed by atoms with E-state index >= 15 is 0 Å². The number of hydrogen-bond donors (Lipinski definition) is 3. The van der Waals surface area contributed by atoms with Crippen molar-refractivity contribution in [1.29, 1.82) is 0 Å². The number of rotatable bonds is 5. The first-order valence-electron chi connectivity index (χ1n) is 5.91. The molecule has 5 heteroatoms. The Balaban J connectivity index is 2.63. The lowest BCUT2D eigenvalue weighted by Crippen LogP contribution is -2.40. The van der Waals surface area contributed by atoms with E-state index in [2.05, 4.69) is 21.2 Å². The van der Waals surface area contributed by atoms with Gasteiger partial charge in [0.25, 0.3) is 5.91 Å². The zero-order valence-corrected chi connectivity index (χ0v) is 12.3. The number of nitrogens with two attached hydrogens (primary N) is 1. The molecule has 4 N–H and O–H groups in total. The Kier molecular flexibility index (Phi) is 5.16. The van der Waals surface area contributed by atoms with Gasteiger partial charge in [0.15, 0.2) is 0 Å². The minimum absolute atomic E-state index is 0.231. The molecule has 1 aromatic carbocycles. The van der Waals surface area contributed by atoms with Crippen LogP contribution in [0.5, 0.6) is 0 Å². The van der Waals surface area contributed by atoms with Crippen molar-refractivity contribution in [3.05, 3.63) is 28.2 Å². The Morgan fingerprint density at radius 2 is 2.22 bits per heavy atom. The molecule has 0 aromatic heterocycles. The van der Waals surface area contributed by atoms with Crippen molar-refractivity contribution in [1.82, 2.24) is 5.32 Å². The lowest BCUT2D eigenvalue weighted by atomic mass is 10.0. The van der Waals surface area contributed by atoms with Crippen molar-refractivity contribution >= 4 is 27.5 Å². The van der Waals surface area contributed by atoms with Gasteiger partial charge in [-0.25, -0.2) is 0 Å². The second-order valence-electron chi connectivity index (χ2n) is 4.67. The molecule has 0 bridgehead atoms. The van der Waals surface area contributed by atoms with Crippen LogP contribution in [0.3, 0.4) is 0 Å². The third-order valence-electron chi connectivity index (χ3n) is 2.68. The molecule has 0 saturated heterocycles. The second kappa shape index (κ2) is 6.20.